The van der Waals surface area contributed by atoms with Crippen LogP contribution in [0.3, 0.4) is 0 Å². The molecule has 0 aliphatic carbocycles. The van der Waals surface area contributed by atoms with E-state index in [0.717, 1.165) is 36.2 Å². The quantitative estimate of drug-likeness (QED) is 0.811. The Kier molecular flexibility index (Phi) is 3.03. The maximum atomic E-state index is 9.87. The van der Waals surface area contributed by atoms with Gasteiger partial charge in [-0.3, -0.25) is 0 Å². The van der Waals surface area contributed by atoms with E-state index in [4.69, 9.17) is 5.73 Å². The Balaban J connectivity index is 2.17. The van der Waals surface area contributed by atoms with Gasteiger partial charge in [0, 0.05) is 19.3 Å². The smallest absolute Gasteiger partial charge is 0.222 e. The van der Waals surface area contributed by atoms with Crippen molar-refractivity contribution in [1.82, 2.24) is 9.97 Å². The van der Waals surface area contributed by atoms with Crippen LogP contribution in [0.25, 0.3) is 0 Å². The largest absolute Gasteiger partial charge is 0.390 e. The SMILES string of the molecule is CC1(O)CCN(c2nc(N)ncc2Br)CC1. The molecule has 1 aromatic rings. The van der Waals surface area contributed by atoms with Crippen molar-refractivity contribution in [3.8, 4) is 0 Å². The van der Waals surface area contributed by atoms with Gasteiger partial charge in [-0.25, -0.2) is 4.98 Å². The van der Waals surface area contributed by atoms with Gasteiger partial charge in [-0.05, 0) is 35.7 Å². The fraction of sp³-hybridized carbons (Fsp3) is 0.600. The molecule has 1 aliphatic rings. The molecule has 1 fully saturated rings. The van der Waals surface area contributed by atoms with Crippen molar-refractivity contribution in [2.75, 3.05) is 23.7 Å². The molecule has 5 nitrogen and oxygen atoms in total. The Hall–Kier alpha value is -0.880. The number of nitrogen functional groups attached to an aromatic ring is 1. The number of aliphatic hydroxyl groups is 1. The molecular formula is C10H15BrN4O. The highest BCUT2D eigenvalue weighted by Gasteiger charge is 2.28. The highest BCUT2D eigenvalue weighted by Crippen LogP contribution is 2.29. The molecule has 0 saturated carbocycles. The summed E-state index contributed by atoms with van der Waals surface area (Å²) >= 11 is 3.41. The van der Waals surface area contributed by atoms with Gasteiger partial charge in [0.05, 0.1) is 10.1 Å². The van der Waals surface area contributed by atoms with Crippen LogP contribution in [0.1, 0.15) is 19.8 Å². The number of piperidine rings is 1. The summed E-state index contributed by atoms with van der Waals surface area (Å²) in [5.41, 5.74) is 5.01. The minimum atomic E-state index is -0.554. The van der Waals surface area contributed by atoms with Gasteiger partial charge < -0.3 is 15.7 Å². The predicted molar refractivity (Wildman–Crippen MR) is 66.2 cm³/mol. The zero-order valence-electron chi connectivity index (χ0n) is 9.15. The van der Waals surface area contributed by atoms with Crippen LogP contribution < -0.4 is 10.6 Å². The third-order valence-electron chi connectivity index (χ3n) is 2.88. The van der Waals surface area contributed by atoms with Crippen LogP contribution >= 0.6 is 15.9 Å². The Morgan fingerprint density at radius 1 is 1.50 bits per heavy atom. The Bertz CT molecular complexity index is 386. The molecule has 1 aliphatic heterocycles. The monoisotopic (exact) mass is 286 g/mol. The number of aromatic nitrogens is 2. The van der Waals surface area contributed by atoms with Crippen molar-refractivity contribution < 1.29 is 5.11 Å². The van der Waals surface area contributed by atoms with Gasteiger partial charge in [0.15, 0.2) is 0 Å². The van der Waals surface area contributed by atoms with Gasteiger partial charge in [0.25, 0.3) is 0 Å². The zero-order chi connectivity index (χ0) is 11.8. The lowest BCUT2D eigenvalue weighted by molar-refractivity contribution is 0.0350. The van der Waals surface area contributed by atoms with Crippen LogP contribution in [0, 0.1) is 0 Å². The molecule has 2 heterocycles. The molecule has 6 heteroatoms. The van der Waals surface area contributed by atoms with Gasteiger partial charge in [-0.2, -0.15) is 4.98 Å². The molecule has 1 aromatic heterocycles. The summed E-state index contributed by atoms with van der Waals surface area (Å²) in [4.78, 5) is 10.2. The van der Waals surface area contributed by atoms with Crippen molar-refractivity contribution in [3.05, 3.63) is 10.7 Å². The highest BCUT2D eigenvalue weighted by molar-refractivity contribution is 9.10. The van der Waals surface area contributed by atoms with Crippen LogP contribution in [0.5, 0.6) is 0 Å². The van der Waals surface area contributed by atoms with Crippen LogP contribution in [0.15, 0.2) is 10.7 Å². The van der Waals surface area contributed by atoms with E-state index in [1.807, 2.05) is 6.92 Å². The van der Waals surface area contributed by atoms with E-state index in [2.05, 4.69) is 30.8 Å². The van der Waals surface area contributed by atoms with Gasteiger partial charge in [0.2, 0.25) is 5.95 Å². The Morgan fingerprint density at radius 3 is 2.75 bits per heavy atom. The number of nitrogens with zero attached hydrogens (tertiary/aromatic N) is 3. The maximum absolute atomic E-state index is 9.87. The third kappa shape index (κ3) is 2.44. The molecule has 0 spiro atoms. The second kappa shape index (κ2) is 4.18. The zero-order valence-corrected chi connectivity index (χ0v) is 10.7. The van der Waals surface area contributed by atoms with Crippen LogP contribution in [0.2, 0.25) is 0 Å². The number of hydrogen-bond donors (Lipinski definition) is 2. The first-order valence-electron chi connectivity index (χ1n) is 5.23. The average Bonchev–Trinajstić information content (AvgIpc) is 2.22. The van der Waals surface area contributed by atoms with Gasteiger partial charge in [0.1, 0.15) is 5.82 Å². The molecule has 2 rings (SSSR count). The van der Waals surface area contributed by atoms with Gasteiger partial charge in [-0.1, -0.05) is 0 Å². The maximum Gasteiger partial charge on any atom is 0.222 e. The highest BCUT2D eigenvalue weighted by atomic mass is 79.9. The van der Waals surface area contributed by atoms with E-state index in [9.17, 15) is 5.11 Å². The minimum Gasteiger partial charge on any atom is -0.390 e. The van der Waals surface area contributed by atoms with Crippen molar-refractivity contribution in [2.24, 2.45) is 0 Å². The first-order chi connectivity index (χ1) is 7.48. The number of nitrogens with two attached hydrogens (primary N) is 1. The van der Waals surface area contributed by atoms with E-state index >= 15 is 0 Å². The predicted octanol–water partition coefficient (Wildman–Crippen LogP) is 1.17. The Labute approximate surface area is 103 Å². The minimum absolute atomic E-state index is 0.274. The van der Waals surface area contributed by atoms with Crippen LogP contribution in [-0.4, -0.2) is 33.8 Å². The second-order valence-electron chi connectivity index (χ2n) is 4.38. The summed E-state index contributed by atoms with van der Waals surface area (Å²) in [5, 5.41) is 9.87. The molecule has 1 saturated heterocycles. The lowest BCUT2D eigenvalue weighted by Crippen LogP contribution is -2.43. The fourth-order valence-corrected chi connectivity index (χ4v) is 2.24. The molecule has 0 unspecified atom stereocenters. The van der Waals surface area contributed by atoms with Crippen molar-refractivity contribution in [3.63, 3.8) is 0 Å². The first-order valence-corrected chi connectivity index (χ1v) is 6.03. The lowest BCUT2D eigenvalue weighted by Gasteiger charge is -2.36. The fourth-order valence-electron chi connectivity index (χ4n) is 1.79. The molecule has 0 aromatic carbocycles. The average molecular weight is 287 g/mol. The summed E-state index contributed by atoms with van der Waals surface area (Å²) in [5.74, 6) is 1.08. The van der Waals surface area contributed by atoms with E-state index in [0.29, 0.717) is 0 Å². The van der Waals surface area contributed by atoms with E-state index in [-0.39, 0.29) is 5.95 Å². The van der Waals surface area contributed by atoms with Crippen LogP contribution in [0.4, 0.5) is 11.8 Å². The van der Waals surface area contributed by atoms with Crippen molar-refractivity contribution in [1.29, 1.82) is 0 Å². The molecule has 16 heavy (non-hydrogen) atoms. The Morgan fingerprint density at radius 2 is 2.12 bits per heavy atom. The van der Waals surface area contributed by atoms with Crippen molar-refractivity contribution in [2.45, 2.75) is 25.4 Å². The van der Waals surface area contributed by atoms with E-state index in [1.165, 1.54) is 0 Å². The first kappa shape index (κ1) is 11.6. The van der Waals surface area contributed by atoms with Gasteiger partial charge >= 0.3 is 0 Å². The van der Waals surface area contributed by atoms with Crippen LogP contribution in [-0.2, 0) is 0 Å². The molecule has 0 radical (unpaired) electrons. The summed E-state index contributed by atoms with van der Waals surface area (Å²) < 4.78 is 0.836. The number of halogens is 1. The molecular weight excluding hydrogens is 272 g/mol. The lowest BCUT2D eigenvalue weighted by atomic mass is 9.94. The third-order valence-corrected chi connectivity index (χ3v) is 3.44. The number of anilines is 2. The van der Waals surface area contributed by atoms with E-state index in [1.54, 1.807) is 6.20 Å². The molecule has 3 N–H and O–H groups in total. The molecule has 0 amide bonds. The van der Waals surface area contributed by atoms with E-state index < -0.39 is 5.60 Å². The summed E-state index contributed by atoms with van der Waals surface area (Å²) in [6.45, 7) is 3.43. The topological polar surface area (TPSA) is 75.3 Å². The molecule has 0 atom stereocenters. The standard InChI is InChI=1S/C10H15BrN4O/c1-10(16)2-4-15(5-3-10)8-7(11)6-13-9(12)14-8/h6,16H,2-5H2,1H3,(H2,12,13,14). The second-order valence-corrected chi connectivity index (χ2v) is 5.24. The normalized spacial score (nSPS) is 19.8. The molecule has 88 valence electrons. The summed E-state index contributed by atoms with van der Waals surface area (Å²) in [7, 11) is 0. The number of rotatable bonds is 1. The summed E-state index contributed by atoms with van der Waals surface area (Å²) in [6, 6.07) is 0. The molecule has 0 bridgehead atoms. The van der Waals surface area contributed by atoms with Gasteiger partial charge in [-0.15, -0.1) is 0 Å². The van der Waals surface area contributed by atoms with Crippen molar-refractivity contribution >= 4 is 27.7 Å². The number of hydrogen-bond acceptors (Lipinski definition) is 5. The summed E-state index contributed by atoms with van der Waals surface area (Å²) in [6.07, 6.45) is 3.14.